The largest absolute Gasteiger partial charge is 0.339 e. The van der Waals surface area contributed by atoms with Gasteiger partial charge in [0, 0.05) is 26.2 Å². The monoisotopic (exact) mass is 266 g/mol. The fourth-order valence-electron chi connectivity index (χ4n) is 2.44. The lowest BCUT2D eigenvalue weighted by molar-refractivity contribution is 0.0755. The standard InChI is InChI=1S/C12H22N6O/c1-16-6-3-4-10(16)8-17(2)12(19)11-9-18(7-5-13)15-14-11/h9-10H,3-8,13H2,1-2H3. The molecule has 1 aromatic rings. The number of carbonyl (C=O) groups is 1. The van der Waals surface area contributed by atoms with Crippen LogP contribution in [0.5, 0.6) is 0 Å². The Morgan fingerprint density at radius 1 is 1.63 bits per heavy atom. The van der Waals surface area contributed by atoms with Gasteiger partial charge in [-0.25, -0.2) is 0 Å². The lowest BCUT2D eigenvalue weighted by atomic mass is 10.2. The van der Waals surface area contributed by atoms with E-state index in [1.165, 1.54) is 6.42 Å². The van der Waals surface area contributed by atoms with E-state index in [2.05, 4.69) is 22.3 Å². The molecule has 1 aliphatic rings. The number of hydrogen-bond acceptors (Lipinski definition) is 5. The van der Waals surface area contributed by atoms with Crippen molar-refractivity contribution in [3.05, 3.63) is 11.9 Å². The van der Waals surface area contributed by atoms with Crippen molar-refractivity contribution >= 4 is 5.91 Å². The Kier molecular flexibility index (Phi) is 4.49. The highest BCUT2D eigenvalue weighted by atomic mass is 16.2. The van der Waals surface area contributed by atoms with Crippen LogP contribution in [0.1, 0.15) is 23.3 Å². The Hall–Kier alpha value is -1.47. The second-order valence-corrected chi connectivity index (χ2v) is 5.12. The second-order valence-electron chi connectivity index (χ2n) is 5.12. The second kappa shape index (κ2) is 6.12. The van der Waals surface area contributed by atoms with Crippen LogP contribution in [0.3, 0.4) is 0 Å². The summed E-state index contributed by atoms with van der Waals surface area (Å²) in [6, 6.07) is 0.452. The number of nitrogens with two attached hydrogens (primary N) is 1. The first-order chi connectivity index (χ1) is 9.11. The van der Waals surface area contributed by atoms with Gasteiger partial charge in [-0.15, -0.1) is 5.10 Å². The molecule has 0 spiro atoms. The van der Waals surface area contributed by atoms with Crippen LogP contribution >= 0.6 is 0 Å². The van der Waals surface area contributed by atoms with E-state index in [-0.39, 0.29) is 5.91 Å². The zero-order valence-electron chi connectivity index (χ0n) is 11.6. The minimum absolute atomic E-state index is 0.0800. The van der Waals surface area contributed by atoms with E-state index < -0.39 is 0 Å². The van der Waals surface area contributed by atoms with Gasteiger partial charge in [-0.05, 0) is 26.4 Å². The van der Waals surface area contributed by atoms with E-state index in [1.54, 1.807) is 15.8 Å². The van der Waals surface area contributed by atoms with Crippen LogP contribution in [0.4, 0.5) is 0 Å². The van der Waals surface area contributed by atoms with Crippen LogP contribution in [-0.4, -0.2) is 70.5 Å². The molecule has 7 heteroatoms. The third-order valence-electron chi connectivity index (χ3n) is 3.62. The Morgan fingerprint density at radius 2 is 2.42 bits per heavy atom. The Morgan fingerprint density at radius 3 is 3.05 bits per heavy atom. The number of hydrogen-bond donors (Lipinski definition) is 1. The van der Waals surface area contributed by atoms with Gasteiger partial charge in [0.25, 0.3) is 5.91 Å². The zero-order chi connectivity index (χ0) is 13.8. The normalized spacial score (nSPS) is 19.8. The molecule has 0 aromatic carbocycles. The summed E-state index contributed by atoms with van der Waals surface area (Å²) in [5.41, 5.74) is 5.83. The Bertz CT molecular complexity index is 432. The summed E-state index contributed by atoms with van der Waals surface area (Å²) in [5.74, 6) is -0.0800. The van der Waals surface area contributed by atoms with Gasteiger partial charge in [0.15, 0.2) is 5.69 Å². The molecule has 19 heavy (non-hydrogen) atoms. The quantitative estimate of drug-likeness (QED) is 0.770. The third kappa shape index (κ3) is 3.30. The smallest absolute Gasteiger partial charge is 0.275 e. The van der Waals surface area contributed by atoms with Gasteiger partial charge in [0.2, 0.25) is 0 Å². The number of aromatic nitrogens is 3. The fourth-order valence-corrected chi connectivity index (χ4v) is 2.44. The molecule has 1 aromatic heterocycles. The fraction of sp³-hybridized carbons (Fsp3) is 0.750. The minimum Gasteiger partial charge on any atom is -0.339 e. The van der Waals surface area contributed by atoms with Crippen molar-refractivity contribution in [1.82, 2.24) is 24.8 Å². The first-order valence-electron chi connectivity index (χ1n) is 6.67. The predicted molar refractivity (Wildman–Crippen MR) is 71.7 cm³/mol. The average molecular weight is 266 g/mol. The van der Waals surface area contributed by atoms with Gasteiger partial charge in [-0.3, -0.25) is 9.48 Å². The van der Waals surface area contributed by atoms with Crippen molar-refractivity contribution in [2.24, 2.45) is 5.73 Å². The maximum Gasteiger partial charge on any atom is 0.275 e. The molecule has 1 aliphatic heterocycles. The van der Waals surface area contributed by atoms with Crippen LogP contribution in [0.2, 0.25) is 0 Å². The molecule has 1 unspecified atom stereocenters. The molecule has 1 fully saturated rings. The summed E-state index contributed by atoms with van der Waals surface area (Å²) in [6.45, 7) is 2.91. The molecule has 0 saturated carbocycles. The van der Waals surface area contributed by atoms with Crippen molar-refractivity contribution in [3.63, 3.8) is 0 Å². The number of likely N-dealkylation sites (N-methyl/N-ethyl adjacent to an activating group) is 2. The zero-order valence-corrected chi connectivity index (χ0v) is 11.6. The van der Waals surface area contributed by atoms with Gasteiger partial charge in [0.1, 0.15) is 0 Å². The molecule has 2 N–H and O–H groups in total. The average Bonchev–Trinajstić information content (AvgIpc) is 2.99. The lowest BCUT2D eigenvalue weighted by Gasteiger charge is -2.25. The van der Waals surface area contributed by atoms with Gasteiger partial charge in [-0.2, -0.15) is 0 Å². The maximum absolute atomic E-state index is 12.2. The van der Waals surface area contributed by atoms with Crippen LogP contribution in [-0.2, 0) is 6.54 Å². The molecule has 1 saturated heterocycles. The van der Waals surface area contributed by atoms with E-state index >= 15 is 0 Å². The molecule has 2 heterocycles. The van der Waals surface area contributed by atoms with Gasteiger partial charge in [0.05, 0.1) is 12.7 Å². The highest BCUT2D eigenvalue weighted by molar-refractivity contribution is 5.91. The molecular weight excluding hydrogens is 244 g/mol. The summed E-state index contributed by atoms with van der Waals surface area (Å²) in [5, 5.41) is 7.79. The molecule has 0 bridgehead atoms. The first kappa shape index (κ1) is 14.0. The summed E-state index contributed by atoms with van der Waals surface area (Å²) < 4.78 is 1.60. The first-order valence-corrected chi connectivity index (χ1v) is 6.67. The van der Waals surface area contributed by atoms with Crippen molar-refractivity contribution in [2.45, 2.75) is 25.4 Å². The van der Waals surface area contributed by atoms with Gasteiger partial charge < -0.3 is 15.5 Å². The van der Waals surface area contributed by atoms with Crippen molar-refractivity contribution in [2.75, 3.05) is 33.7 Å². The lowest BCUT2D eigenvalue weighted by Crippen LogP contribution is -2.39. The SMILES string of the molecule is CN(CC1CCCN1C)C(=O)c1cn(CCN)nn1. The van der Waals surface area contributed by atoms with E-state index in [4.69, 9.17) is 5.73 Å². The Labute approximate surface area is 113 Å². The number of nitrogens with zero attached hydrogens (tertiary/aromatic N) is 5. The van der Waals surface area contributed by atoms with Crippen molar-refractivity contribution in [1.29, 1.82) is 0 Å². The van der Waals surface area contributed by atoms with E-state index in [1.807, 2.05) is 7.05 Å². The van der Waals surface area contributed by atoms with Crippen molar-refractivity contribution in [3.8, 4) is 0 Å². The molecule has 7 nitrogen and oxygen atoms in total. The van der Waals surface area contributed by atoms with E-state index in [0.29, 0.717) is 24.8 Å². The van der Waals surface area contributed by atoms with E-state index in [0.717, 1.165) is 19.5 Å². The van der Waals surface area contributed by atoms with Crippen LogP contribution in [0, 0.1) is 0 Å². The minimum atomic E-state index is -0.0800. The molecule has 0 radical (unpaired) electrons. The number of rotatable bonds is 5. The molecule has 1 amide bonds. The summed E-state index contributed by atoms with van der Waals surface area (Å²) in [4.78, 5) is 16.2. The van der Waals surface area contributed by atoms with E-state index in [9.17, 15) is 4.79 Å². The summed E-state index contributed by atoms with van der Waals surface area (Å²) in [7, 11) is 3.92. The number of carbonyl (C=O) groups excluding carboxylic acids is 1. The molecule has 106 valence electrons. The third-order valence-corrected chi connectivity index (χ3v) is 3.62. The maximum atomic E-state index is 12.2. The van der Waals surface area contributed by atoms with Crippen LogP contribution in [0.25, 0.3) is 0 Å². The highest BCUT2D eigenvalue weighted by Gasteiger charge is 2.25. The summed E-state index contributed by atoms with van der Waals surface area (Å²) >= 11 is 0. The molecule has 1 atom stereocenters. The number of likely N-dealkylation sites (tertiary alicyclic amines) is 1. The topological polar surface area (TPSA) is 80.3 Å². The molecule has 2 rings (SSSR count). The van der Waals surface area contributed by atoms with Gasteiger partial charge in [-0.1, -0.05) is 5.21 Å². The van der Waals surface area contributed by atoms with Crippen LogP contribution < -0.4 is 5.73 Å². The van der Waals surface area contributed by atoms with Crippen molar-refractivity contribution < 1.29 is 4.79 Å². The molecular formula is C12H22N6O. The predicted octanol–water partition coefficient (Wildman–Crippen LogP) is -0.597. The highest BCUT2D eigenvalue weighted by Crippen LogP contribution is 2.16. The van der Waals surface area contributed by atoms with Gasteiger partial charge >= 0.3 is 0 Å². The Balaban J connectivity index is 1.93. The number of amides is 1. The summed E-state index contributed by atoms with van der Waals surface area (Å²) in [6.07, 6.45) is 4.01. The molecule has 0 aliphatic carbocycles. The van der Waals surface area contributed by atoms with Crippen LogP contribution in [0.15, 0.2) is 6.20 Å².